The maximum absolute atomic E-state index is 4.80. The molecule has 0 amide bonds. The Morgan fingerprint density at radius 1 is 1.00 bits per heavy atom. The third kappa shape index (κ3) is 3.71. The molecule has 0 spiro atoms. The first-order valence-electron chi connectivity index (χ1n) is 9.89. The van der Waals surface area contributed by atoms with Gasteiger partial charge < -0.3 is 0 Å². The highest BCUT2D eigenvalue weighted by Crippen LogP contribution is 2.28. The van der Waals surface area contributed by atoms with E-state index in [2.05, 4.69) is 30.0 Å². The average molecular weight is 386 g/mol. The normalized spacial score (nSPS) is 15.8. The molecule has 5 rings (SSSR count). The van der Waals surface area contributed by atoms with E-state index in [0.29, 0.717) is 5.92 Å². The van der Waals surface area contributed by atoms with Crippen molar-refractivity contribution < 1.29 is 0 Å². The number of hydrogen-bond donors (Lipinski definition) is 0. The van der Waals surface area contributed by atoms with Gasteiger partial charge in [0, 0.05) is 42.8 Å². The molecule has 8 nitrogen and oxygen atoms in total. The van der Waals surface area contributed by atoms with Crippen molar-refractivity contribution in [2.75, 3.05) is 13.1 Å². The maximum atomic E-state index is 4.80. The SMILES string of the molecule is Cc1cnc(CN2CCC(c3nnc4ccc(-c5cccnc5)nn34)CC2)cn1. The molecule has 0 N–H and O–H groups in total. The molecular weight excluding hydrogens is 364 g/mol. The van der Waals surface area contributed by atoms with Gasteiger partial charge in [0.2, 0.25) is 0 Å². The van der Waals surface area contributed by atoms with Crippen LogP contribution in [0.1, 0.15) is 36.0 Å². The van der Waals surface area contributed by atoms with Crippen LogP contribution in [0.3, 0.4) is 0 Å². The first-order chi connectivity index (χ1) is 14.3. The summed E-state index contributed by atoms with van der Waals surface area (Å²) in [5.74, 6) is 1.29. The number of aryl methyl sites for hydroxylation is 1. The molecule has 5 heterocycles. The molecule has 0 aromatic carbocycles. The Labute approximate surface area is 168 Å². The van der Waals surface area contributed by atoms with E-state index >= 15 is 0 Å². The highest BCUT2D eigenvalue weighted by atomic mass is 15.4. The fourth-order valence-corrected chi connectivity index (χ4v) is 3.81. The molecule has 1 fully saturated rings. The molecular formula is C21H22N8. The summed E-state index contributed by atoms with van der Waals surface area (Å²) in [5.41, 5.74) is 4.61. The van der Waals surface area contributed by atoms with Crippen molar-refractivity contribution in [1.82, 2.24) is 39.7 Å². The fraction of sp³-hybridized carbons (Fsp3) is 0.333. The minimum atomic E-state index is 0.349. The number of hydrogen-bond acceptors (Lipinski definition) is 7. The van der Waals surface area contributed by atoms with E-state index < -0.39 is 0 Å². The molecule has 1 saturated heterocycles. The van der Waals surface area contributed by atoms with E-state index in [9.17, 15) is 0 Å². The van der Waals surface area contributed by atoms with Crippen LogP contribution in [0.2, 0.25) is 0 Å². The minimum absolute atomic E-state index is 0.349. The Kier molecular flexibility index (Phi) is 4.69. The largest absolute Gasteiger partial charge is 0.297 e. The van der Waals surface area contributed by atoms with Crippen molar-refractivity contribution >= 4 is 5.65 Å². The molecule has 0 unspecified atom stereocenters. The van der Waals surface area contributed by atoms with Gasteiger partial charge in [-0.15, -0.1) is 10.2 Å². The van der Waals surface area contributed by atoms with Crippen LogP contribution in [0.15, 0.2) is 49.1 Å². The van der Waals surface area contributed by atoms with Crippen molar-refractivity contribution in [1.29, 1.82) is 0 Å². The Morgan fingerprint density at radius 3 is 2.66 bits per heavy atom. The second-order valence-electron chi connectivity index (χ2n) is 7.49. The lowest BCUT2D eigenvalue weighted by Crippen LogP contribution is -2.33. The van der Waals surface area contributed by atoms with Gasteiger partial charge in [-0.3, -0.25) is 19.9 Å². The van der Waals surface area contributed by atoms with E-state index in [-0.39, 0.29) is 0 Å². The summed E-state index contributed by atoms with van der Waals surface area (Å²) < 4.78 is 1.90. The molecule has 0 atom stereocenters. The van der Waals surface area contributed by atoms with Crippen molar-refractivity contribution in [3.8, 4) is 11.3 Å². The molecule has 8 heteroatoms. The Bertz CT molecular complexity index is 1100. The molecule has 0 bridgehead atoms. The summed E-state index contributed by atoms with van der Waals surface area (Å²) in [5, 5.41) is 13.6. The highest BCUT2D eigenvalue weighted by molar-refractivity contribution is 5.58. The molecule has 1 aliphatic rings. The summed E-state index contributed by atoms with van der Waals surface area (Å²) in [6.07, 6.45) is 9.35. The Hall–Kier alpha value is -3.26. The van der Waals surface area contributed by atoms with Crippen molar-refractivity contribution in [2.24, 2.45) is 0 Å². The predicted octanol–water partition coefficient (Wildman–Crippen LogP) is 2.66. The van der Waals surface area contributed by atoms with Gasteiger partial charge in [-0.1, -0.05) is 0 Å². The van der Waals surface area contributed by atoms with E-state index in [4.69, 9.17) is 5.10 Å². The van der Waals surface area contributed by atoms with Gasteiger partial charge in [0.1, 0.15) is 0 Å². The standard InChI is InChI=1S/C21H22N8/c1-15-11-24-18(13-23-15)14-28-9-6-16(7-10-28)21-26-25-20-5-4-19(27-29(20)21)17-3-2-8-22-12-17/h2-5,8,11-13,16H,6-7,9-10,14H2,1H3. The van der Waals surface area contributed by atoms with Gasteiger partial charge >= 0.3 is 0 Å². The fourth-order valence-electron chi connectivity index (χ4n) is 3.81. The van der Waals surface area contributed by atoms with Gasteiger partial charge in [0.15, 0.2) is 11.5 Å². The van der Waals surface area contributed by atoms with Crippen LogP contribution in [-0.2, 0) is 6.54 Å². The lowest BCUT2D eigenvalue weighted by molar-refractivity contribution is 0.198. The van der Waals surface area contributed by atoms with Crippen LogP contribution in [0, 0.1) is 6.92 Å². The average Bonchev–Trinajstić information content (AvgIpc) is 3.20. The van der Waals surface area contributed by atoms with Crippen molar-refractivity contribution in [3.63, 3.8) is 0 Å². The third-order valence-electron chi connectivity index (χ3n) is 5.42. The van der Waals surface area contributed by atoms with Crippen LogP contribution < -0.4 is 0 Å². The van der Waals surface area contributed by atoms with Gasteiger partial charge in [-0.05, 0) is 57.1 Å². The van der Waals surface area contributed by atoms with Crippen LogP contribution in [0.4, 0.5) is 0 Å². The van der Waals surface area contributed by atoms with Gasteiger partial charge in [0.05, 0.1) is 17.1 Å². The van der Waals surface area contributed by atoms with Crippen LogP contribution in [-0.4, -0.2) is 52.8 Å². The molecule has 4 aromatic rings. The number of likely N-dealkylation sites (tertiary alicyclic amines) is 1. The van der Waals surface area contributed by atoms with Gasteiger partial charge in [0.25, 0.3) is 0 Å². The number of piperidine rings is 1. The summed E-state index contributed by atoms with van der Waals surface area (Å²) in [4.78, 5) is 15.4. The third-order valence-corrected chi connectivity index (χ3v) is 5.42. The number of aromatic nitrogens is 7. The first kappa shape index (κ1) is 17.8. The zero-order valence-electron chi connectivity index (χ0n) is 16.3. The lowest BCUT2D eigenvalue weighted by atomic mass is 9.96. The topological polar surface area (TPSA) is 85.0 Å². The first-order valence-corrected chi connectivity index (χ1v) is 9.89. The molecule has 29 heavy (non-hydrogen) atoms. The van der Waals surface area contributed by atoms with Gasteiger partial charge in [-0.2, -0.15) is 9.61 Å². The predicted molar refractivity (Wildman–Crippen MR) is 108 cm³/mol. The quantitative estimate of drug-likeness (QED) is 0.533. The summed E-state index contributed by atoms with van der Waals surface area (Å²) >= 11 is 0. The summed E-state index contributed by atoms with van der Waals surface area (Å²) in [6.45, 7) is 4.79. The van der Waals surface area contributed by atoms with E-state index in [1.807, 2.05) is 54.3 Å². The van der Waals surface area contributed by atoms with Crippen molar-refractivity contribution in [3.05, 3.63) is 66.3 Å². The minimum Gasteiger partial charge on any atom is -0.297 e. The smallest absolute Gasteiger partial charge is 0.177 e. The zero-order chi connectivity index (χ0) is 19.6. The van der Waals surface area contributed by atoms with E-state index in [0.717, 1.165) is 66.6 Å². The van der Waals surface area contributed by atoms with E-state index in [1.54, 1.807) is 6.20 Å². The number of nitrogens with zero attached hydrogens (tertiary/aromatic N) is 8. The maximum Gasteiger partial charge on any atom is 0.177 e. The summed E-state index contributed by atoms with van der Waals surface area (Å²) in [7, 11) is 0. The molecule has 146 valence electrons. The van der Waals surface area contributed by atoms with Gasteiger partial charge in [-0.25, -0.2) is 0 Å². The number of fused-ring (bicyclic) bond motifs is 1. The van der Waals surface area contributed by atoms with Crippen molar-refractivity contribution in [2.45, 2.75) is 32.2 Å². The molecule has 1 aliphatic heterocycles. The monoisotopic (exact) mass is 386 g/mol. The molecule has 0 radical (unpaired) electrons. The second-order valence-corrected chi connectivity index (χ2v) is 7.49. The van der Waals surface area contributed by atoms with Crippen LogP contribution in [0.25, 0.3) is 16.9 Å². The number of pyridine rings is 1. The molecule has 4 aromatic heterocycles. The Balaban J connectivity index is 1.32. The lowest BCUT2D eigenvalue weighted by Gasteiger charge is -2.30. The number of rotatable bonds is 4. The van der Waals surface area contributed by atoms with E-state index in [1.165, 1.54) is 0 Å². The second kappa shape index (κ2) is 7.63. The zero-order valence-corrected chi connectivity index (χ0v) is 16.3. The molecule has 0 saturated carbocycles. The Morgan fingerprint density at radius 2 is 1.90 bits per heavy atom. The van der Waals surface area contributed by atoms with Crippen LogP contribution in [0.5, 0.6) is 0 Å². The molecule has 0 aliphatic carbocycles. The van der Waals surface area contributed by atoms with Crippen LogP contribution >= 0.6 is 0 Å². The summed E-state index contributed by atoms with van der Waals surface area (Å²) in [6, 6.07) is 7.87. The highest BCUT2D eigenvalue weighted by Gasteiger charge is 2.25.